The maximum absolute atomic E-state index is 13.3. The van der Waals surface area contributed by atoms with Crippen LogP contribution in [-0.4, -0.2) is 8.42 Å². The Morgan fingerprint density at radius 3 is 2.50 bits per heavy atom. The zero-order chi connectivity index (χ0) is 15.1. The molecule has 2 aromatic rings. The molecule has 0 saturated carbocycles. The number of thiophene rings is 1. The molecule has 0 aliphatic rings. The summed E-state index contributed by atoms with van der Waals surface area (Å²) in [5.74, 6) is -0.487. The van der Waals surface area contributed by atoms with E-state index in [4.69, 9.17) is 11.6 Å². The molecular formula is C11H7Br2ClFNO2S2. The van der Waals surface area contributed by atoms with Gasteiger partial charge in [-0.1, -0.05) is 11.6 Å². The summed E-state index contributed by atoms with van der Waals surface area (Å²) in [6.07, 6.45) is 0. The molecule has 0 saturated heterocycles. The summed E-state index contributed by atoms with van der Waals surface area (Å²) in [4.78, 5) is 0. The molecule has 20 heavy (non-hydrogen) atoms. The SMILES string of the molecule is Cc1cc(NS(=O)(=O)c2cc(Br)c(Br)s2)c(Cl)cc1F. The molecule has 1 N–H and O–H groups in total. The minimum absolute atomic E-state index is 0.00589. The average Bonchev–Trinajstić information content (AvgIpc) is 2.67. The molecule has 1 heterocycles. The molecule has 3 nitrogen and oxygen atoms in total. The number of anilines is 1. The normalized spacial score (nSPS) is 11.7. The van der Waals surface area contributed by atoms with Gasteiger partial charge in [0.05, 0.1) is 14.5 Å². The Balaban J connectivity index is 2.40. The van der Waals surface area contributed by atoms with E-state index in [0.29, 0.717) is 13.8 Å². The first-order valence-electron chi connectivity index (χ1n) is 5.14. The Labute approximate surface area is 141 Å². The van der Waals surface area contributed by atoms with E-state index in [1.54, 1.807) is 0 Å². The van der Waals surface area contributed by atoms with Crippen molar-refractivity contribution in [2.45, 2.75) is 11.1 Å². The van der Waals surface area contributed by atoms with Crippen LogP contribution in [0, 0.1) is 12.7 Å². The van der Waals surface area contributed by atoms with Crippen molar-refractivity contribution in [2.24, 2.45) is 0 Å². The lowest BCUT2D eigenvalue weighted by atomic mass is 10.2. The second-order valence-corrected chi connectivity index (χ2v) is 9.41. The first-order chi connectivity index (χ1) is 9.20. The second-order valence-electron chi connectivity index (χ2n) is 3.87. The van der Waals surface area contributed by atoms with Crippen molar-refractivity contribution < 1.29 is 12.8 Å². The van der Waals surface area contributed by atoms with Crippen molar-refractivity contribution in [3.63, 3.8) is 0 Å². The van der Waals surface area contributed by atoms with Crippen LogP contribution in [0.1, 0.15) is 5.56 Å². The van der Waals surface area contributed by atoms with Gasteiger partial charge in [0, 0.05) is 4.47 Å². The molecule has 1 aromatic carbocycles. The predicted octanol–water partition coefficient (Wildman–Crippen LogP) is 5.17. The third-order valence-electron chi connectivity index (χ3n) is 2.38. The molecule has 0 amide bonds. The summed E-state index contributed by atoms with van der Waals surface area (Å²) in [5.41, 5.74) is 0.451. The van der Waals surface area contributed by atoms with Crippen LogP contribution in [0.3, 0.4) is 0 Å². The van der Waals surface area contributed by atoms with Crippen molar-refractivity contribution in [3.05, 3.63) is 42.9 Å². The summed E-state index contributed by atoms with van der Waals surface area (Å²) < 4.78 is 41.5. The summed E-state index contributed by atoms with van der Waals surface area (Å²) in [5, 5.41) is 0.00589. The van der Waals surface area contributed by atoms with E-state index in [2.05, 4.69) is 36.6 Å². The third-order valence-corrected chi connectivity index (χ3v) is 7.79. The fourth-order valence-electron chi connectivity index (χ4n) is 1.39. The Bertz CT molecular complexity index is 757. The van der Waals surface area contributed by atoms with E-state index in [1.165, 1.54) is 19.1 Å². The molecule has 0 aliphatic carbocycles. The minimum Gasteiger partial charge on any atom is -0.277 e. The molecule has 0 atom stereocenters. The lowest BCUT2D eigenvalue weighted by Crippen LogP contribution is -2.12. The number of halogens is 4. The van der Waals surface area contributed by atoms with Crippen molar-refractivity contribution in [1.29, 1.82) is 0 Å². The van der Waals surface area contributed by atoms with Crippen LogP contribution in [-0.2, 0) is 10.0 Å². The Kier molecular flexibility index (Phi) is 4.80. The molecule has 108 valence electrons. The van der Waals surface area contributed by atoms with Gasteiger partial charge in [0.2, 0.25) is 0 Å². The van der Waals surface area contributed by atoms with Gasteiger partial charge in [-0.05, 0) is 62.5 Å². The van der Waals surface area contributed by atoms with E-state index in [1.807, 2.05) is 0 Å². The summed E-state index contributed by atoms with van der Waals surface area (Å²) in [7, 11) is -3.77. The van der Waals surface area contributed by atoms with Crippen LogP contribution >= 0.6 is 54.8 Å². The molecule has 2 rings (SSSR count). The molecule has 0 spiro atoms. The molecule has 0 unspecified atom stereocenters. The molecular weight excluding hydrogens is 457 g/mol. The Morgan fingerprint density at radius 2 is 1.95 bits per heavy atom. The molecule has 1 aromatic heterocycles. The van der Waals surface area contributed by atoms with Gasteiger partial charge in [-0.15, -0.1) is 11.3 Å². The molecule has 9 heteroatoms. The summed E-state index contributed by atoms with van der Waals surface area (Å²) in [6, 6.07) is 3.91. The lowest BCUT2D eigenvalue weighted by molar-refractivity contribution is 0.602. The second kappa shape index (κ2) is 5.92. The molecule has 0 aliphatic heterocycles. The number of sulfonamides is 1. The fourth-order valence-corrected chi connectivity index (χ4v) is 5.53. The standard InChI is InChI=1S/C11H7Br2ClFNO2S2/c1-5-2-9(7(14)4-8(5)15)16-20(17,18)10-3-6(12)11(13)19-10/h2-4,16H,1H3. The number of rotatable bonds is 3. The van der Waals surface area contributed by atoms with Gasteiger partial charge in [0.1, 0.15) is 10.0 Å². The van der Waals surface area contributed by atoms with Crippen molar-refractivity contribution in [2.75, 3.05) is 4.72 Å². The maximum Gasteiger partial charge on any atom is 0.271 e. The zero-order valence-corrected chi connectivity index (χ0v) is 15.4. The van der Waals surface area contributed by atoms with Crippen LogP contribution < -0.4 is 4.72 Å². The predicted molar refractivity (Wildman–Crippen MR) is 86.7 cm³/mol. The van der Waals surface area contributed by atoms with E-state index < -0.39 is 15.8 Å². The molecule has 0 bridgehead atoms. The maximum atomic E-state index is 13.3. The van der Waals surface area contributed by atoms with Crippen LogP contribution in [0.15, 0.2) is 30.7 Å². The number of hydrogen-bond acceptors (Lipinski definition) is 3. The van der Waals surface area contributed by atoms with Gasteiger partial charge in [-0.2, -0.15) is 0 Å². The van der Waals surface area contributed by atoms with E-state index in [-0.39, 0.29) is 14.9 Å². The van der Waals surface area contributed by atoms with Crippen LogP contribution in [0.25, 0.3) is 0 Å². The first-order valence-corrected chi connectivity index (χ1v) is 9.40. The van der Waals surface area contributed by atoms with Crippen LogP contribution in [0.4, 0.5) is 10.1 Å². The highest BCUT2D eigenvalue weighted by Crippen LogP contribution is 2.36. The van der Waals surface area contributed by atoms with E-state index in [0.717, 1.165) is 17.4 Å². The smallest absolute Gasteiger partial charge is 0.271 e. The van der Waals surface area contributed by atoms with Gasteiger partial charge in [-0.25, -0.2) is 12.8 Å². The van der Waals surface area contributed by atoms with Crippen LogP contribution in [0.5, 0.6) is 0 Å². The van der Waals surface area contributed by atoms with Gasteiger partial charge in [-0.3, -0.25) is 4.72 Å². The lowest BCUT2D eigenvalue weighted by Gasteiger charge is -2.09. The van der Waals surface area contributed by atoms with Gasteiger partial charge >= 0.3 is 0 Å². The van der Waals surface area contributed by atoms with Crippen LogP contribution in [0.2, 0.25) is 5.02 Å². The highest BCUT2D eigenvalue weighted by atomic mass is 79.9. The molecule has 0 radical (unpaired) electrons. The summed E-state index contributed by atoms with van der Waals surface area (Å²) in [6.45, 7) is 1.53. The monoisotopic (exact) mass is 461 g/mol. The fraction of sp³-hybridized carbons (Fsp3) is 0.0909. The van der Waals surface area contributed by atoms with E-state index >= 15 is 0 Å². The number of benzene rings is 1. The van der Waals surface area contributed by atoms with Gasteiger partial charge in [0.15, 0.2) is 0 Å². The summed E-state index contributed by atoms with van der Waals surface area (Å²) >= 11 is 13.4. The quantitative estimate of drug-likeness (QED) is 0.682. The highest BCUT2D eigenvalue weighted by Gasteiger charge is 2.20. The Hall–Kier alpha value is -0.150. The largest absolute Gasteiger partial charge is 0.277 e. The first kappa shape index (κ1) is 16.2. The van der Waals surface area contributed by atoms with Gasteiger partial charge < -0.3 is 0 Å². The molecule has 0 fully saturated rings. The number of nitrogens with one attached hydrogen (secondary N) is 1. The van der Waals surface area contributed by atoms with E-state index in [9.17, 15) is 12.8 Å². The van der Waals surface area contributed by atoms with Crippen molar-refractivity contribution in [3.8, 4) is 0 Å². The Morgan fingerprint density at radius 1 is 1.30 bits per heavy atom. The van der Waals surface area contributed by atoms with Crippen molar-refractivity contribution in [1.82, 2.24) is 0 Å². The number of aryl methyl sites for hydroxylation is 1. The number of hydrogen-bond donors (Lipinski definition) is 1. The minimum atomic E-state index is -3.77. The highest BCUT2D eigenvalue weighted by molar-refractivity contribution is 9.13. The third kappa shape index (κ3) is 3.36. The van der Waals surface area contributed by atoms with Gasteiger partial charge in [0.25, 0.3) is 10.0 Å². The topological polar surface area (TPSA) is 46.2 Å². The average molecular weight is 464 g/mol. The van der Waals surface area contributed by atoms with Crippen molar-refractivity contribution >= 4 is 70.5 Å². The zero-order valence-electron chi connectivity index (χ0n) is 9.88.